The van der Waals surface area contributed by atoms with Gasteiger partial charge in [-0.1, -0.05) is 30.3 Å². The van der Waals surface area contributed by atoms with Gasteiger partial charge >= 0.3 is 5.97 Å². The van der Waals surface area contributed by atoms with E-state index in [1.54, 1.807) is 0 Å². The topological polar surface area (TPSA) is 29.5 Å². The van der Waals surface area contributed by atoms with E-state index in [2.05, 4.69) is 35.2 Å². The van der Waals surface area contributed by atoms with Crippen molar-refractivity contribution in [2.75, 3.05) is 26.2 Å². The van der Waals surface area contributed by atoms with Gasteiger partial charge in [-0.2, -0.15) is 0 Å². The monoisotopic (exact) mass is 275 g/mol. The summed E-state index contributed by atoms with van der Waals surface area (Å²) in [6.07, 6.45) is 3.95. The van der Waals surface area contributed by atoms with E-state index in [1.165, 1.54) is 5.56 Å². The molecule has 0 atom stereocenters. The van der Waals surface area contributed by atoms with Crippen LogP contribution in [0.3, 0.4) is 0 Å². The molecule has 3 nitrogen and oxygen atoms in total. The number of carbonyl (C=O) groups is 1. The molecule has 0 N–H and O–H groups in total. The molecular weight excluding hydrogens is 250 g/mol. The summed E-state index contributed by atoms with van der Waals surface area (Å²) < 4.78 is 5.02. The van der Waals surface area contributed by atoms with E-state index in [4.69, 9.17) is 4.74 Å². The fourth-order valence-corrected chi connectivity index (χ4v) is 2.80. The Labute approximate surface area is 121 Å². The van der Waals surface area contributed by atoms with Gasteiger partial charge in [0.25, 0.3) is 0 Å². The smallest absolute Gasteiger partial charge is 0.306 e. The summed E-state index contributed by atoms with van der Waals surface area (Å²) in [5.74, 6) is 0.484. The molecule has 1 heterocycles. The van der Waals surface area contributed by atoms with Crippen LogP contribution in [0.15, 0.2) is 30.3 Å². The Bertz CT molecular complexity index is 397. The Hall–Kier alpha value is -1.35. The van der Waals surface area contributed by atoms with Crippen molar-refractivity contribution >= 4 is 5.97 Å². The molecule has 1 aliphatic rings. The van der Waals surface area contributed by atoms with Crippen LogP contribution in [0.2, 0.25) is 0 Å². The van der Waals surface area contributed by atoms with E-state index in [0.29, 0.717) is 18.9 Å². The Morgan fingerprint density at radius 1 is 1.25 bits per heavy atom. The molecule has 1 aromatic carbocycles. The molecule has 0 aliphatic carbocycles. The first kappa shape index (κ1) is 15.0. The number of nitrogens with zero attached hydrogens (tertiary/aromatic N) is 1. The quantitative estimate of drug-likeness (QED) is 0.748. The fraction of sp³-hybridized carbons (Fsp3) is 0.588. The lowest BCUT2D eigenvalue weighted by atomic mass is 9.93. The van der Waals surface area contributed by atoms with Crippen molar-refractivity contribution in [1.82, 2.24) is 4.90 Å². The average Bonchev–Trinajstić information content (AvgIpc) is 2.48. The predicted octanol–water partition coefficient (Wildman–Crippen LogP) is 2.89. The van der Waals surface area contributed by atoms with Crippen LogP contribution < -0.4 is 0 Å². The third kappa shape index (κ3) is 4.97. The second kappa shape index (κ2) is 8.05. The first-order chi connectivity index (χ1) is 9.78. The van der Waals surface area contributed by atoms with Gasteiger partial charge in [0.15, 0.2) is 0 Å². The van der Waals surface area contributed by atoms with Gasteiger partial charge in [-0.3, -0.25) is 4.79 Å². The number of esters is 1. The van der Waals surface area contributed by atoms with Gasteiger partial charge in [0, 0.05) is 13.0 Å². The molecule has 1 aromatic rings. The highest BCUT2D eigenvalue weighted by Crippen LogP contribution is 2.21. The first-order valence-corrected chi connectivity index (χ1v) is 7.70. The molecule has 3 heteroatoms. The second-order valence-corrected chi connectivity index (χ2v) is 5.53. The van der Waals surface area contributed by atoms with E-state index < -0.39 is 0 Å². The van der Waals surface area contributed by atoms with Crippen LogP contribution in [-0.4, -0.2) is 37.1 Å². The molecule has 0 unspecified atom stereocenters. The number of hydrogen-bond donors (Lipinski definition) is 0. The highest BCUT2D eigenvalue weighted by atomic mass is 16.5. The summed E-state index contributed by atoms with van der Waals surface area (Å²) in [6.45, 7) is 5.70. The Morgan fingerprint density at radius 2 is 1.95 bits per heavy atom. The standard InChI is InChI=1S/C17H25NO2/c1-2-20-17(19)14-16-9-12-18(13-10-16)11-8-15-6-4-3-5-7-15/h3-7,16H,2,8-14H2,1H3. The maximum atomic E-state index is 11.5. The van der Waals surface area contributed by atoms with Crippen LogP contribution in [0, 0.1) is 5.92 Å². The number of rotatable bonds is 6. The van der Waals surface area contributed by atoms with E-state index in [1.807, 2.05) is 6.92 Å². The van der Waals surface area contributed by atoms with Crippen LogP contribution in [0.25, 0.3) is 0 Å². The molecule has 0 saturated carbocycles. The summed E-state index contributed by atoms with van der Waals surface area (Å²) >= 11 is 0. The highest BCUT2D eigenvalue weighted by molar-refractivity contribution is 5.69. The number of piperidine rings is 1. The molecule has 1 saturated heterocycles. The molecule has 20 heavy (non-hydrogen) atoms. The fourth-order valence-electron chi connectivity index (χ4n) is 2.80. The van der Waals surface area contributed by atoms with Crippen molar-refractivity contribution in [2.24, 2.45) is 5.92 Å². The zero-order chi connectivity index (χ0) is 14.2. The summed E-state index contributed by atoms with van der Waals surface area (Å²) in [6, 6.07) is 10.6. The second-order valence-electron chi connectivity index (χ2n) is 5.53. The van der Waals surface area contributed by atoms with E-state index in [9.17, 15) is 4.79 Å². The molecule has 110 valence electrons. The lowest BCUT2D eigenvalue weighted by Crippen LogP contribution is -2.35. The van der Waals surface area contributed by atoms with Gasteiger partial charge in [0.05, 0.1) is 6.61 Å². The molecular formula is C17H25NO2. The molecule has 0 radical (unpaired) electrons. The van der Waals surface area contributed by atoms with Crippen LogP contribution in [0.1, 0.15) is 31.7 Å². The SMILES string of the molecule is CCOC(=O)CC1CCN(CCc2ccccc2)CC1. The molecule has 0 bridgehead atoms. The van der Waals surface area contributed by atoms with Crippen molar-refractivity contribution in [3.63, 3.8) is 0 Å². The van der Waals surface area contributed by atoms with Crippen LogP contribution >= 0.6 is 0 Å². The van der Waals surface area contributed by atoms with Gasteiger partial charge in [-0.05, 0) is 50.8 Å². The number of ether oxygens (including phenoxy) is 1. The average molecular weight is 275 g/mol. The predicted molar refractivity (Wildman–Crippen MR) is 80.6 cm³/mol. The Balaban J connectivity index is 1.65. The van der Waals surface area contributed by atoms with Crippen molar-refractivity contribution < 1.29 is 9.53 Å². The van der Waals surface area contributed by atoms with Gasteiger partial charge in [-0.25, -0.2) is 0 Å². The summed E-state index contributed by atoms with van der Waals surface area (Å²) in [5, 5.41) is 0. The van der Waals surface area contributed by atoms with E-state index in [0.717, 1.165) is 38.9 Å². The van der Waals surface area contributed by atoms with Crippen molar-refractivity contribution in [1.29, 1.82) is 0 Å². The first-order valence-electron chi connectivity index (χ1n) is 7.70. The van der Waals surface area contributed by atoms with Crippen molar-refractivity contribution in [3.8, 4) is 0 Å². The zero-order valence-electron chi connectivity index (χ0n) is 12.4. The van der Waals surface area contributed by atoms with Crippen LogP contribution in [0.5, 0.6) is 0 Å². The number of benzene rings is 1. The van der Waals surface area contributed by atoms with Crippen LogP contribution in [0.4, 0.5) is 0 Å². The third-order valence-corrected chi connectivity index (χ3v) is 4.03. The lowest BCUT2D eigenvalue weighted by Gasteiger charge is -2.31. The van der Waals surface area contributed by atoms with Crippen molar-refractivity contribution in [3.05, 3.63) is 35.9 Å². The number of likely N-dealkylation sites (tertiary alicyclic amines) is 1. The van der Waals surface area contributed by atoms with Gasteiger partial charge in [0.1, 0.15) is 0 Å². The molecule has 1 fully saturated rings. The third-order valence-electron chi connectivity index (χ3n) is 4.03. The largest absolute Gasteiger partial charge is 0.466 e. The maximum absolute atomic E-state index is 11.5. The maximum Gasteiger partial charge on any atom is 0.306 e. The molecule has 0 amide bonds. The summed E-state index contributed by atoms with van der Waals surface area (Å²) in [4.78, 5) is 14.0. The summed E-state index contributed by atoms with van der Waals surface area (Å²) in [7, 11) is 0. The van der Waals surface area contributed by atoms with Crippen molar-refractivity contribution in [2.45, 2.75) is 32.6 Å². The molecule has 2 rings (SSSR count). The van der Waals surface area contributed by atoms with Crippen LogP contribution in [-0.2, 0) is 16.0 Å². The number of hydrogen-bond acceptors (Lipinski definition) is 3. The summed E-state index contributed by atoms with van der Waals surface area (Å²) in [5.41, 5.74) is 1.40. The molecule has 0 aromatic heterocycles. The normalized spacial score (nSPS) is 17.1. The molecule has 1 aliphatic heterocycles. The van der Waals surface area contributed by atoms with E-state index in [-0.39, 0.29) is 5.97 Å². The zero-order valence-corrected chi connectivity index (χ0v) is 12.4. The van der Waals surface area contributed by atoms with E-state index >= 15 is 0 Å². The Kier molecular flexibility index (Phi) is 6.06. The minimum absolute atomic E-state index is 0.0322. The van der Waals surface area contributed by atoms with Gasteiger partial charge in [0.2, 0.25) is 0 Å². The van der Waals surface area contributed by atoms with Gasteiger partial charge < -0.3 is 9.64 Å². The Morgan fingerprint density at radius 3 is 2.60 bits per heavy atom. The van der Waals surface area contributed by atoms with Gasteiger partial charge in [-0.15, -0.1) is 0 Å². The number of carbonyl (C=O) groups excluding carboxylic acids is 1. The minimum atomic E-state index is -0.0322. The lowest BCUT2D eigenvalue weighted by molar-refractivity contribution is -0.144. The molecule has 0 spiro atoms. The highest BCUT2D eigenvalue weighted by Gasteiger charge is 2.21. The minimum Gasteiger partial charge on any atom is -0.466 e.